The van der Waals surface area contributed by atoms with E-state index in [1.165, 1.54) is 0 Å². The van der Waals surface area contributed by atoms with Crippen LogP contribution in [0.3, 0.4) is 0 Å². The first-order chi connectivity index (χ1) is 8.56. The van der Waals surface area contributed by atoms with Gasteiger partial charge in [0, 0.05) is 17.3 Å². The molecule has 2 aromatic rings. The lowest BCUT2D eigenvalue weighted by atomic mass is 10.2. The third kappa shape index (κ3) is 2.97. The van der Waals surface area contributed by atoms with Gasteiger partial charge in [-0.2, -0.15) is 0 Å². The Morgan fingerprint density at radius 3 is 2.83 bits per heavy atom. The largest absolute Gasteiger partial charge is 0.457 e. The van der Waals surface area contributed by atoms with Gasteiger partial charge in [0.1, 0.15) is 22.2 Å². The van der Waals surface area contributed by atoms with E-state index in [9.17, 15) is 0 Å². The molecule has 18 heavy (non-hydrogen) atoms. The molecule has 2 N–H and O–H groups in total. The van der Waals surface area contributed by atoms with Gasteiger partial charge in [0.05, 0.1) is 0 Å². The maximum Gasteiger partial charge on any atom is 0.131 e. The minimum Gasteiger partial charge on any atom is -0.457 e. The highest BCUT2D eigenvalue weighted by Gasteiger charge is 2.05. The summed E-state index contributed by atoms with van der Waals surface area (Å²) in [6, 6.07) is 8.91. The number of nitrogens with zero attached hydrogens (tertiary/aromatic N) is 1. The Hall–Kier alpha value is -1.65. The summed E-state index contributed by atoms with van der Waals surface area (Å²) < 4.78 is 5.74. The molecule has 1 aromatic heterocycles. The molecule has 0 unspecified atom stereocenters. The molecule has 1 heterocycles. The zero-order valence-electron chi connectivity index (χ0n) is 9.68. The van der Waals surface area contributed by atoms with E-state index in [0.717, 1.165) is 5.56 Å². The summed E-state index contributed by atoms with van der Waals surface area (Å²) >= 11 is 10.8. The van der Waals surface area contributed by atoms with Crippen molar-refractivity contribution in [1.29, 1.82) is 0 Å². The molecule has 0 amide bonds. The molecule has 1 aromatic carbocycles. The average molecular weight is 279 g/mol. The molecule has 0 radical (unpaired) electrons. The Labute approximate surface area is 116 Å². The fourth-order valence-electron chi connectivity index (χ4n) is 1.42. The topological polar surface area (TPSA) is 48.1 Å². The molecule has 0 atom stereocenters. The molecular weight excluding hydrogens is 268 g/mol. The summed E-state index contributed by atoms with van der Waals surface area (Å²) in [6.45, 7) is 1.95. The number of aromatic nitrogens is 1. The van der Waals surface area contributed by atoms with Gasteiger partial charge in [0.2, 0.25) is 0 Å². The van der Waals surface area contributed by atoms with Gasteiger partial charge in [-0.25, -0.2) is 0 Å². The minimum absolute atomic E-state index is 0.239. The summed E-state index contributed by atoms with van der Waals surface area (Å²) in [5, 5.41) is 0.624. The second-order valence-corrected chi connectivity index (χ2v) is 4.63. The van der Waals surface area contributed by atoms with Crippen molar-refractivity contribution in [1.82, 2.24) is 4.98 Å². The van der Waals surface area contributed by atoms with E-state index in [-0.39, 0.29) is 4.99 Å². The molecule has 5 heteroatoms. The number of aryl methyl sites for hydroxylation is 1. The predicted molar refractivity (Wildman–Crippen MR) is 76.4 cm³/mol. The van der Waals surface area contributed by atoms with Crippen LogP contribution in [0.1, 0.15) is 11.3 Å². The Balaban J connectivity index is 2.31. The monoisotopic (exact) mass is 278 g/mol. The van der Waals surface area contributed by atoms with Crippen molar-refractivity contribution in [2.45, 2.75) is 6.92 Å². The number of thiocarbonyl (C=S) groups is 1. The lowest BCUT2D eigenvalue weighted by molar-refractivity contribution is 0.478. The van der Waals surface area contributed by atoms with Crippen LogP contribution in [0, 0.1) is 6.92 Å². The first kappa shape index (κ1) is 12.8. The number of ether oxygens (including phenoxy) is 1. The number of hydrogen-bond acceptors (Lipinski definition) is 3. The number of benzene rings is 1. The van der Waals surface area contributed by atoms with E-state index in [1.54, 1.807) is 24.4 Å². The second kappa shape index (κ2) is 5.33. The van der Waals surface area contributed by atoms with Gasteiger partial charge in [-0.05, 0) is 30.7 Å². The van der Waals surface area contributed by atoms with E-state index in [2.05, 4.69) is 4.98 Å². The maximum absolute atomic E-state index is 5.93. The van der Waals surface area contributed by atoms with Crippen molar-refractivity contribution >= 4 is 28.8 Å². The molecule has 0 aliphatic rings. The van der Waals surface area contributed by atoms with Gasteiger partial charge in [0.15, 0.2) is 0 Å². The van der Waals surface area contributed by atoms with E-state index in [0.29, 0.717) is 22.2 Å². The Morgan fingerprint density at radius 1 is 1.33 bits per heavy atom. The standard InChI is InChI=1S/C13H11ClN2OS/c1-8-2-3-9(14)6-12(8)17-10-4-5-16-11(7-10)13(15)18/h2-7H,1H3,(H2,15,18). The first-order valence-electron chi connectivity index (χ1n) is 5.26. The van der Waals surface area contributed by atoms with Gasteiger partial charge < -0.3 is 10.5 Å². The summed E-state index contributed by atoms with van der Waals surface area (Å²) in [4.78, 5) is 4.29. The van der Waals surface area contributed by atoms with E-state index in [4.69, 9.17) is 34.3 Å². The summed E-state index contributed by atoms with van der Waals surface area (Å²) in [5.74, 6) is 1.32. The number of halogens is 1. The van der Waals surface area contributed by atoms with Crippen LogP contribution in [0.4, 0.5) is 0 Å². The Bertz CT molecular complexity index is 601. The first-order valence-corrected chi connectivity index (χ1v) is 6.05. The maximum atomic E-state index is 5.93. The molecule has 0 spiro atoms. The summed E-state index contributed by atoms with van der Waals surface area (Å²) in [7, 11) is 0. The van der Waals surface area contributed by atoms with Gasteiger partial charge in [-0.15, -0.1) is 0 Å². The lowest BCUT2D eigenvalue weighted by Gasteiger charge is -2.09. The van der Waals surface area contributed by atoms with Gasteiger partial charge in [0.25, 0.3) is 0 Å². The lowest BCUT2D eigenvalue weighted by Crippen LogP contribution is -2.11. The summed E-state index contributed by atoms with van der Waals surface area (Å²) in [5.41, 5.74) is 7.05. The minimum atomic E-state index is 0.239. The van der Waals surface area contributed by atoms with Crippen LogP contribution in [0.5, 0.6) is 11.5 Å². The molecule has 0 bridgehead atoms. The zero-order valence-corrected chi connectivity index (χ0v) is 11.3. The predicted octanol–water partition coefficient (Wildman–Crippen LogP) is 3.47. The number of hydrogen-bond donors (Lipinski definition) is 1. The molecule has 0 aliphatic heterocycles. The zero-order chi connectivity index (χ0) is 13.1. The molecular formula is C13H11ClN2OS. The van der Waals surface area contributed by atoms with Crippen LogP contribution in [0.2, 0.25) is 5.02 Å². The highest BCUT2D eigenvalue weighted by atomic mass is 35.5. The van der Waals surface area contributed by atoms with Crippen LogP contribution in [-0.4, -0.2) is 9.97 Å². The molecule has 2 rings (SSSR count). The van der Waals surface area contributed by atoms with Crippen LogP contribution in [0.25, 0.3) is 0 Å². The SMILES string of the molecule is Cc1ccc(Cl)cc1Oc1ccnc(C(N)=S)c1. The highest BCUT2D eigenvalue weighted by molar-refractivity contribution is 7.80. The van der Waals surface area contributed by atoms with Crippen LogP contribution in [-0.2, 0) is 0 Å². The van der Waals surface area contributed by atoms with Crippen molar-refractivity contribution in [3.05, 3.63) is 52.8 Å². The average Bonchev–Trinajstić information content (AvgIpc) is 2.34. The fourth-order valence-corrected chi connectivity index (χ4v) is 1.69. The molecule has 0 fully saturated rings. The van der Waals surface area contributed by atoms with Crippen LogP contribution < -0.4 is 10.5 Å². The van der Waals surface area contributed by atoms with Crippen LogP contribution in [0.15, 0.2) is 36.5 Å². The van der Waals surface area contributed by atoms with E-state index >= 15 is 0 Å². The number of nitrogens with two attached hydrogens (primary N) is 1. The molecule has 0 saturated heterocycles. The quantitative estimate of drug-likeness (QED) is 0.874. The fraction of sp³-hybridized carbons (Fsp3) is 0.0769. The molecule has 0 aliphatic carbocycles. The van der Waals surface area contributed by atoms with E-state index in [1.807, 2.05) is 19.1 Å². The Morgan fingerprint density at radius 2 is 2.11 bits per heavy atom. The smallest absolute Gasteiger partial charge is 0.131 e. The van der Waals surface area contributed by atoms with Crippen molar-refractivity contribution in [2.24, 2.45) is 5.73 Å². The van der Waals surface area contributed by atoms with Gasteiger partial charge >= 0.3 is 0 Å². The van der Waals surface area contributed by atoms with Gasteiger partial charge in [-0.3, -0.25) is 4.98 Å². The number of pyridine rings is 1. The third-order valence-corrected chi connectivity index (χ3v) is 2.81. The molecule has 0 saturated carbocycles. The van der Waals surface area contributed by atoms with Crippen molar-refractivity contribution in [2.75, 3.05) is 0 Å². The molecule has 3 nitrogen and oxygen atoms in total. The summed E-state index contributed by atoms with van der Waals surface area (Å²) in [6.07, 6.45) is 1.60. The van der Waals surface area contributed by atoms with Crippen molar-refractivity contribution in [3.63, 3.8) is 0 Å². The highest BCUT2D eigenvalue weighted by Crippen LogP contribution is 2.27. The Kier molecular flexibility index (Phi) is 3.79. The third-order valence-electron chi connectivity index (χ3n) is 2.36. The van der Waals surface area contributed by atoms with E-state index < -0.39 is 0 Å². The molecule has 92 valence electrons. The second-order valence-electron chi connectivity index (χ2n) is 3.75. The number of rotatable bonds is 3. The van der Waals surface area contributed by atoms with Crippen molar-refractivity contribution < 1.29 is 4.74 Å². The normalized spacial score (nSPS) is 10.1. The van der Waals surface area contributed by atoms with Crippen LogP contribution >= 0.6 is 23.8 Å². The van der Waals surface area contributed by atoms with Gasteiger partial charge in [-0.1, -0.05) is 29.9 Å². The van der Waals surface area contributed by atoms with Crippen molar-refractivity contribution in [3.8, 4) is 11.5 Å².